The number of oxime groups is 1. The van der Waals surface area contributed by atoms with Gasteiger partial charge in [0, 0.05) is 5.41 Å². The van der Waals surface area contributed by atoms with Crippen LogP contribution in [0, 0.1) is 22.7 Å². The van der Waals surface area contributed by atoms with E-state index in [9.17, 15) is 9.59 Å². The Morgan fingerprint density at radius 3 is 2.30 bits per heavy atom. The van der Waals surface area contributed by atoms with Gasteiger partial charge in [0.05, 0.1) is 30.3 Å². The third-order valence-electron chi connectivity index (χ3n) is 3.93. The van der Waals surface area contributed by atoms with E-state index >= 15 is 0 Å². The zero-order valence-electron chi connectivity index (χ0n) is 13.2. The predicted octanol–water partition coefficient (Wildman–Crippen LogP) is 2.31. The molecule has 0 aliphatic carbocycles. The summed E-state index contributed by atoms with van der Waals surface area (Å²) in [6.07, 6.45) is 0. The molecule has 114 valence electrons. The molecule has 0 bridgehead atoms. The van der Waals surface area contributed by atoms with Crippen LogP contribution >= 0.6 is 0 Å². The second-order valence-corrected chi connectivity index (χ2v) is 6.95. The first-order valence-electron chi connectivity index (χ1n) is 6.94. The second-order valence-electron chi connectivity index (χ2n) is 6.95. The smallest absolute Gasteiger partial charge is 0.156 e. The highest BCUT2D eigenvalue weighted by Gasteiger charge is 2.49. The molecule has 1 unspecified atom stereocenters. The minimum atomic E-state index is -1.11. The molecule has 1 aliphatic heterocycles. The Labute approximate surface area is 120 Å². The van der Waals surface area contributed by atoms with Gasteiger partial charge in [0.1, 0.15) is 0 Å². The number of ether oxygens (including phenoxy) is 1. The fourth-order valence-electron chi connectivity index (χ4n) is 2.77. The van der Waals surface area contributed by atoms with Crippen LogP contribution in [-0.2, 0) is 14.3 Å². The SMILES string of the molecule is CC(C)/C(=N\O)C1COCC(C)(C)C(=O)C(C)(C)C1=O. The monoisotopic (exact) mass is 283 g/mol. The Balaban J connectivity index is 3.22. The van der Waals surface area contributed by atoms with Gasteiger partial charge in [-0.25, -0.2) is 0 Å². The van der Waals surface area contributed by atoms with Crippen molar-refractivity contribution in [2.75, 3.05) is 13.2 Å². The van der Waals surface area contributed by atoms with Crippen molar-refractivity contribution in [1.29, 1.82) is 0 Å². The van der Waals surface area contributed by atoms with Crippen molar-refractivity contribution in [2.24, 2.45) is 27.8 Å². The minimum absolute atomic E-state index is 0.0871. The number of nitrogens with zero attached hydrogens (tertiary/aromatic N) is 1. The van der Waals surface area contributed by atoms with Crippen molar-refractivity contribution in [1.82, 2.24) is 0 Å². The Kier molecular flexibility index (Phi) is 4.74. The van der Waals surface area contributed by atoms with E-state index in [1.165, 1.54) is 0 Å². The van der Waals surface area contributed by atoms with Crippen molar-refractivity contribution >= 4 is 17.3 Å². The number of hydrogen-bond acceptors (Lipinski definition) is 5. The molecule has 0 spiro atoms. The molecular formula is C15H25NO4. The van der Waals surface area contributed by atoms with Gasteiger partial charge in [-0.3, -0.25) is 9.59 Å². The molecule has 0 amide bonds. The molecule has 20 heavy (non-hydrogen) atoms. The molecule has 1 atom stereocenters. The summed E-state index contributed by atoms with van der Waals surface area (Å²) >= 11 is 0. The van der Waals surface area contributed by atoms with Gasteiger partial charge in [-0.1, -0.05) is 32.9 Å². The van der Waals surface area contributed by atoms with Crippen molar-refractivity contribution in [3.63, 3.8) is 0 Å². The van der Waals surface area contributed by atoms with E-state index < -0.39 is 16.7 Å². The number of hydrogen-bond donors (Lipinski definition) is 1. The Morgan fingerprint density at radius 2 is 1.85 bits per heavy atom. The largest absolute Gasteiger partial charge is 0.411 e. The number of Topliss-reactive ketones (excluding diaryl/α,β-unsaturated/α-hetero) is 2. The topological polar surface area (TPSA) is 76.0 Å². The summed E-state index contributed by atoms with van der Waals surface area (Å²) in [5.74, 6) is -1.14. The van der Waals surface area contributed by atoms with E-state index in [-0.39, 0.29) is 30.7 Å². The standard InChI is InChI=1S/C15H25NO4/c1-9(2)11(16-19)10-7-20-8-14(3,4)13(18)15(5,6)12(10)17/h9-10,19H,7-8H2,1-6H3/b16-11+. The molecule has 0 aromatic rings. The van der Waals surface area contributed by atoms with Crippen LogP contribution in [0.4, 0.5) is 0 Å². The van der Waals surface area contributed by atoms with Gasteiger partial charge in [0.25, 0.3) is 0 Å². The predicted molar refractivity (Wildman–Crippen MR) is 75.9 cm³/mol. The van der Waals surface area contributed by atoms with Gasteiger partial charge in [0.2, 0.25) is 0 Å². The van der Waals surface area contributed by atoms with E-state index in [1.807, 2.05) is 13.8 Å². The lowest BCUT2D eigenvalue weighted by atomic mass is 9.67. The van der Waals surface area contributed by atoms with Crippen LogP contribution < -0.4 is 0 Å². The summed E-state index contributed by atoms with van der Waals surface area (Å²) in [7, 11) is 0. The quantitative estimate of drug-likeness (QED) is 0.365. The summed E-state index contributed by atoms with van der Waals surface area (Å²) in [5.41, 5.74) is -1.43. The highest BCUT2D eigenvalue weighted by molar-refractivity contribution is 6.16. The average molecular weight is 283 g/mol. The molecule has 0 aromatic carbocycles. The van der Waals surface area contributed by atoms with Crippen LogP contribution in [0.5, 0.6) is 0 Å². The number of ketones is 2. The van der Waals surface area contributed by atoms with Crippen molar-refractivity contribution in [2.45, 2.75) is 41.5 Å². The number of carbonyl (C=O) groups is 2. The molecule has 1 N–H and O–H groups in total. The zero-order chi connectivity index (χ0) is 15.7. The van der Waals surface area contributed by atoms with Crippen molar-refractivity contribution < 1.29 is 19.5 Å². The van der Waals surface area contributed by atoms with E-state index in [1.54, 1.807) is 27.7 Å². The highest BCUT2D eigenvalue weighted by atomic mass is 16.5. The molecule has 1 heterocycles. The third kappa shape index (κ3) is 2.92. The van der Waals surface area contributed by atoms with Gasteiger partial charge < -0.3 is 9.94 Å². The molecular weight excluding hydrogens is 258 g/mol. The number of carbonyl (C=O) groups excluding carboxylic acids is 2. The Bertz CT molecular complexity index is 435. The molecule has 0 saturated carbocycles. The first kappa shape index (κ1) is 16.8. The van der Waals surface area contributed by atoms with E-state index in [0.29, 0.717) is 5.71 Å². The summed E-state index contributed by atoms with van der Waals surface area (Å²) in [4.78, 5) is 25.3. The van der Waals surface area contributed by atoms with Gasteiger partial charge in [0.15, 0.2) is 11.6 Å². The summed E-state index contributed by atoms with van der Waals surface area (Å²) in [6, 6.07) is 0. The van der Waals surface area contributed by atoms with E-state index in [0.717, 1.165) is 0 Å². The van der Waals surface area contributed by atoms with Gasteiger partial charge >= 0.3 is 0 Å². The van der Waals surface area contributed by atoms with Crippen LogP contribution in [0.15, 0.2) is 5.16 Å². The summed E-state index contributed by atoms with van der Waals surface area (Å²) in [6.45, 7) is 11.0. The van der Waals surface area contributed by atoms with Crippen LogP contribution in [0.1, 0.15) is 41.5 Å². The fourth-order valence-corrected chi connectivity index (χ4v) is 2.77. The third-order valence-corrected chi connectivity index (χ3v) is 3.93. The number of rotatable bonds is 2. The molecule has 1 fully saturated rings. The lowest BCUT2D eigenvalue weighted by Gasteiger charge is -2.37. The lowest BCUT2D eigenvalue weighted by Crippen LogP contribution is -2.51. The molecule has 5 heteroatoms. The van der Waals surface area contributed by atoms with Crippen molar-refractivity contribution in [3.05, 3.63) is 0 Å². The molecule has 5 nitrogen and oxygen atoms in total. The van der Waals surface area contributed by atoms with Crippen LogP contribution in [0.25, 0.3) is 0 Å². The maximum Gasteiger partial charge on any atom is 0.156 e. The maximum atomic E-state index is 12.7. The van der Waals surface area contributed by atoms with E-state index in [2.05, 4.69) is 5.16 Å². The van der Waals surface area contributed by atoms with Gasteiger partial charge in [-0.05, 0) is 19.8 Å². The minimum Gasteiger partial charge on any atom is -0.411 e. The lowest BCUT2D eigenvalue weighted by molar-refractivity contribution is -0.152. The second kappa shape index (κ2) is 5.64. The first-order chi connectivity index (χ1) is 9.05. The van der Waals surface area contributed by atoms with Crippen LogP contribution in [0.3, 0.4) is 0 Å². The molecule has 1 saturated heterocycles. The summed E-state index contributed by atoms with van der Waals surface area (Å²) < 4.78 is 5.54. The normalized spacial score (nSPS) is 27.4. The van der Waals surface area contributed by atoms with Crippen molar-refractivity contribution in [3.8, 4) is 0 Å². The molecule has 0 radical (unpaired) electrons. The van der Waals surface area contributed by atoms with Gasteiger partial charge in [-0.15, -0.1) is 0 Å². The fraction of sp³-hybridized carbons (Fsp3) is 0.800. The molecule has 1 aliphatic rings. The average Bonchev–Trinajstić information content (AvgIpc) is 2.34. The Hall–Kier alpha value is -1.23. The Morgan fingerprint density at radius 1 is 1.30 bits per heavy atom. The highest BCUT2D eigenvalue weighted by Crippen LogP contribution is 2.35. The van der Waals surface area contributed by atoms with Crippen LogP contribution in [0.2, 0.25) is 0 Å². The van der Waals surface area contributed by atoms with Gasteiger partial charge in [-0.2, -0.15) is 0 Å². The summed E-state index contributed by atoms with van der Waals surface area (Å²) in [5, 5.41) is 12.4. The first-order valence-corrected chi connectivity index (χ1v) is 6.94. The molecule has 1 rings (SSSR count). The maximum absolute atomic E-state index is 12.7. The molecule has 0 aromatic heterocycles. The zero-order valence-corrected chi connectivity index (χ0v) is 13.2. The van der Waals surface area contributed by atoms with Crippen LogP contribution in [-0.4, -0.2) is 35.7 Å². The van der Waals surface area contributed by atoms with E-state index in [4.69, 9.17) is 9.94 Å².